The van der Waals surface area contributed by atoms with Gasteiger partial charge in [-0.15, -0.1) is 0 Å². The number of rotatable bonds is 3. The van der Waals surface area contributed by atoms with Gasteiger partial charge in [0.25, 0.3) is 0 Å². The molecular weight excluding hydrogens is 314 g/mol. The molecule has 0 aromatic rings. The van der Waals surface area contributed by atoms with Gasteiger partial charge in [-0.2, -0.15) is 0 Å². The van der Waals surface area contributed by atoms with Crippen LogP contribution in [0.2, 0.25) is 0 Å². The zero-order chi connectivity index (χ0) is 15.3. The fourth-order valence-electron chi connectivity index (χ4n) is 7.33. The second-order valence-corrected chi connectivity index (χ2v) is 20.2. The molecule has 0 aromatic heterocycles. The summed E-state index contributed by atoms with van der Waals surface area (Å²) in [7, 11) is -2.47. The molecular formula is C18H37ClP2. The van der Waals surface area contributed by atoms with Gasteiger partial charge < -0.3 is 0 Å². The normalized spacial score (nSPS) is 47.2. The van der Waals surface area contributed by atoms with E-state index in [1.165, 1.54) is 44.9 Å². The third kappa shape index (κ3) is 2.14. The van der Waals surface area contributed by atoms with Crippen molar-refractivity contribution in [1.82, 2.24) is 0 Å². The molecule has 0 N–H and O–H groups in total. The van der Waals surface area contributed by atoms with Gasteiger partial charge in [0.1, 0.15) is 0 Å². The van der Waals surface area contributed by atoms with Crippen LogP contribution in [0, 0.1) is 0 Å². The molecule has 0 aliphatic carbocycles. The van der Waals surface area contributed by atoms with Gasteiger partial charge in [-0.05, 0) is 0 Å². The molecule has 2 spiro atoms. The van der Waals surface area contributed by atoms with Crippen molar-refractivity contribution in [3.63, 3.8) is 0 Å². The average Bonchev–Trinajstić information content (AvgIpc) is 3.12. The summed E-state index contributed by atoms with van der Waals surface area (Å²) in [6, 6.07) is 0. The molecule has 0 nitrogen and oxygen atoms in total. The van der Waals surface area contributed by atoms with Gasteiger partial charge in [-0.25, -0.2) is 0 Å². The van der Waals surface area contributed by atoms with Gasteiger partial charge in [0, 0.05) is 0 Å². The van der Waals surface area contributed by atoms with Crippen molar-refractivity contribution in [2.24, 2.45) is 0 Å². The first-order valence-electron chi connectivity index (χ1n) is 9.71. The summed E-state index contributed by atoms with van der Waals surface area (Å²) in [6.45, 7) is 9.98. The minimum absolute atomic E-state index is 0.727. The maximum atomic E-state index is 7.58. The summed E-state index contributed by atoms with van der Waals surface area (Å²) in [5.41, 5.74) is 4.23. The number of hydrogen-bond acceptors (Lipinski definition) is 0. The van der Waals surface area contributed by atoms with Gasteiger partial charge in [0.05, 0.1) is 0 Å². The Kier molecular flexibility index (Phi) is 5.03. The molecule has 0 amide bonds. The molecule has 3 heteroatoms. The predicted molar refractivity (Wildman–Crippen MR) is 106 cm³/mol. The summed E-state index contributed by atoms with van der Waals surface area (Å²) >= 11 is 7.58. The first-order valence-corrected chi connectivity index (χ1v) is 15.0. The number of hydrogen-bond donors (Lipinski definition) is 0. The third-order valence-corrected chi connectivity index (χ3v) is 27.5. The first kappa shape index (κ1) is 17.0. The van der Waals surface area contributed by atoms with Gasteiger partial charge in [0.2, 0.25) is 0 Å². The van der Waals surface area contributed by atoms with Crippen LogP contribution in [-0.2, 0) is 0 Å². The summed E-state index contributed by atoms with van der Waals surface area (Å²) in [4.78, 5) is 0.727. The van der Waals surface area contributed by atoms with E-state index in [1.54, 1.807) is 12.3 Å². The fraction of sp³-hybridized carbons (Fsp3) is 1.00. The summed E-state index contributed by atoms with van der Waals surface area (Å²) in [6.07, 6.45) is 13.6. The Morgan fingerprint density at radius 1 is 0.762 bits per heavy atom. The van der Waals surface area contributed by atoms with Crippen molar-refractivity contribution in [3.05, 3.63) is 0 Å². The van der Waals surface area contributed by atoms with E-state index in [-0.39, 0.29) is 0 Å². The van der Waals surface area contributed by atoms with E-state index in [4.69, 9.17) is 11.6 Å². The quantitative estimate of drug-likeness (QED) is 0.412. The Hall–Kier alpha value is 1.15. The van der Waals surface area contributed by atoms with Crippen LogP contribution in [0.15, 0.2) is 0 Å². The molecule has 126 valence electrons. The average molecular weight is 351 g/mol. The molecule has 5 atom stereocenters. The van der Waals surface area contributed by atoms with Crippen LogP contribution in [0.3, 0.4) is 0 Å². The zero-order valence-corrected chi connectivity index (χ0v) is 17.4. The number of halogens is 1. The standard InChI is InChI=1S/C18H37ClP2/c1-5-15-9-8-14(4)20(15)12-13-21(18(20)19)16(6-2)10-11-17(21)7-3/h14-18,20-21H,5-13H2,1-4H3/t14-,15-,16-,17-,18?/m1/s1. The summed E-state index contributed by atoms with van der Waals surface area (Å²) in [5.74, 6) is 0. The molecule has 3 aliphatic rings. The Morgan fingerprint density at radius 2 is 1.19 bits per heavy atom. The Balaban J connectivity index is 1.99. The predicted octanol–water partition coefficient (Wildman–Crippen LogP) is 6.33. The van der Waals surface area contributed by atoms with Gasteiger partial charge in [0.15, 0.2) is 0 Å². The van der Waals surface area contributed by atoms with E-state index in [9.17, 15) is 0 Å². The molecule has 3 fully saturated rings. The molecule has 1 unspecified atom stereocenters. The maximum absolute atomic E-state index is 7.58. The van der Waals surface area contributed by atoms with Gasteiger partial charge >= 0.3 is 139 Å². The molecule has 21 heavy (non-hydrogen) atoms. The van der Waals surface area contributed by atoms with Gasteiger partial charge in [-0.3, -0.25) is 0 Å². The van der Waals surface area contributed by atoms with E-state index in [0.717, 1.165) is 27.5 Å². The van der Waals surface area contributed by atoms with Crippen LogP contribution in [0.4, 0.5) is 0 Å². The van der Waals surface area contributed by atoms with Crippen molar-refractivity contribution in [2.75, 3.05) is 12.3 Å². The van der Waals surface area contributed by atoms with Crippen LogP contribution < -0.4 is 0 Å². The molecule has 3 saturated heterocycles. The summed E-state index contributed by atoms with van der Waals surface area (Å²) < 4.78 is 0. The zero-order valence-electron chi connectivity index (χ0n) is 14.6. The van der Waals surface area contributed by atoms with Crippen LogP contribution in [0.25, 0.3) is 0 Å². The van der Waals surface area contributed by atoms with E-state index in [2.05, 4.69) is 27.7 Å². The van der Waals surface area contributed by atoms with E-state index >= 15 is 0 Å². The molecule has 3 rings (SSSR count). The van der Waals surface area contributed by atoms with Crippen LogP contribution in [0.1, 0.15) is 72.6 Å². The van der Waals surface area contributed by atoms with Crippen molar-refractivity contribution >= 4 is 26.1 Å². The van der Waals surface area contributed by atoms with Crippen LogP contribution in [-0.4, -0.2) is 39.8 Å². The van der Waals surface area contributed by atoms with Crippen molar-refractivity contribution in [2.45, 2.75) is 100 Å². The van der Waals surface area contributed by atoms with E-state index in [0.29, 0.717) is 0 Å². The molecule has 3 heterocycles. The van der Waals surface area contributed by atoms with Crippen LogP contribution >= 0.6 is 26.1 Å². The molecule has 0 radical (unpaired) electrons. The molecule has 0 saturated carbocycles. The first-order chi connectivity index (χ1) is 10.1. The SMILES string of the molecule is CC[C@@H]1CC[C@@H](CC)[PH]12CC[PH]1(C2Cl)[C@H](CC)CC[C@H]1C. The Labute approximate surface area is 138 Å². The minimum atomic E-state index is -1.24. The topological polar surface area (TPSA) is 0 Å². The Morgan fingerprint density at radius 3 is 1.71 bits per heavy atom. The Bertz CT molecular complexity index is 373. The van der Waals surface area contributed by atoms with E-state index in [1.807, 2.05) is 0 Å². The molecule has 0 bridgehead atoms. The summed E-state index contributed by atoms with van der Waals surface area (Å²) in [5, 5.41) is 0. The van der Waals surface area contributed by atoms with Gasteiger partial charge in [-0.1, -0.05) is 0 Å². The van der Waals surface area contributed by atoms with Crippen molar-refractivity contribution in [3.8, 4) is 0 Å². The monoisotopic (exact) mass is 350 g/mol. The number of alkyl halides is 1. The van der Waals surface area contributed by atoms with Crippen LogP contribution in [0.5, 0.6) is 0 Å². The van der Waals surface area contributed by atoms with Crippen molar-refractivity contribution in [1.29, 1.82) is 0 Å². The second-order valence-electron chi connectivity index (χ2n) is 8.46. The van der Waals surface area contributed by atoms with Crippen molar-refractivity contribution < 1.29 is 0 Å². The molecule has 0 aromatic carbocycles. The third-order valence-electron chi connectivity index (χ3n) is 8.42. The van der Waals surface area contributed by atoms with E-state index < -0.39 is 14.5 Å². The fourth-order valence-corrected chi connectivity index (χ4v) is 32.1. The molecule has 3 aliphatic heterocycles. The second kappa shape index (κ2) is 6.22.